The van der Waals surface area contributed by atoms with E-state index in [1.807, 2.05) is 24.3 Å². The minimum atomic E-state index is -0.232. The molecule has 38 heavy (non-hydrogen) atoms. The van der Waals surface area contributed by atoms with Crippen LogP contribution in [0.4, 0.5) is 0 Å². The third-order valence-electron chi connectivity index (χ3n) is 5.19. The molecule has 0 radical (unpaired) electrons. The number of benzene rings is 1. The molecule has 6 heteroatoms. The van der Waals surface area contributed by atoms with Crippen molar-refractivity contribution in [1.29, 1.82) is 0 Å². The lowest BCUT2D eigenvalue weighted by Crippen LogP contribution is -2.30. The summed E-state index contributed by atoms with van der Waals surface area (Å²) in [5.74, 6) is -0.464. The van der Waals surface area contributed by atoms with Gasteiger partial charge in [0.05, 0.1) is 12.8 Å². The lowest BCUT2D eigenvalue weighted by Gasteiger charge is -2.20. The molecule has 1 aromatic carbocycles. The molecule has 0 aliphatic heterocycles. The summed E-state index contributed by atoms with van der Waals surface area (Å²) in [6, 6.07) is 7.55. The van der Waals surface area contributed by atoms with Gasteiger partial charge in [0.25, 0.3) is 0 Å². The topological polar surface area (TPSA) is 59.1 Å². The lowest BCUT2D eigenvalue weighted by atomic mass is 10.1. The Labute approximate surface area is 235 Å². The van der Waals surface area contributed by atoms with E-state index in [0.717, 1.165) is 76.1 Å². The summed E-state index contributed by atoms with van der Waals surface area (Å²) in [5.41, 5.74) is 1.72. The van der Waals surface area contributed by atoms with Crippen molar-refractivity contribution >= 4 is 11.9 Å². The highest BCUT2D eigenvalue weighted by atomic mass is 16.5. The third-order valence-corrected chi connectivity index (χ3v) is 5.19. The van der Waals surface area contributed by atoms with Crippen LogP contribution in [0, 0.1) is 0 Å². The van der Waals surface area contributed by atoms with Crippen LogP contribution in [0.25, 0.3) is 0 Å². The summed E-state index contributed by atoms with van der Waals surface area (Å²) in [6.07, 6.45) is 7.32. The van der Waals surface area contributed by atoms with E-state index in [-0.39, 0.29) is 24.8 Å². The Morgan fingerprint density at radius 3 is 1.18 bits per heavy atom. The fourth-order valence-corrected chi connectivity index (χ4v) is 3.80. The maximum absolute atomic E-state index is 12.2. The second-order valence-corrected chi connectivity index (χ2v) is 9.71. The highest BCUT2D eigenvalue weighted by Crippen LogP contribution is 2.09. The minimum absolute atomic E-state index is 0.216. The van der Waals surface area contributed by atoms with E-state index < -0.39 is 0 Å². The van der Waals surface area contributed by atoms with E-state index in [9.17, 15) is 9.59 Å². The third kappa shape index (κ3) is 23.2. The van der Waals surface area contributed by atoms with Crippen LogP contribution in [-0.4, -0.2) is 74.2 Å². The number of esters is 2. The Hall–Kier alpha value is -1.92. The van der Waals surface area contributed by atoms with Crippen molar-refractivity contribution in [2.75, 3.05) is 52.5 Å². The molecule has 222 valence electrons. The zero-order valence-corrected chi connectivity index (χ0v) is 26.2. The quantitative estimate of drug-likeness (QED) is 0.190. The predicted molar refractivity (Wildman–Crippen MR) is 162 cm³/mol. The van der Waals surface area contributed by atoms with Crippen LogP contribution in [0.3, 0.4) is 0 Å². The van der Waals surface area contributed by atoms with Gasteiger partial charge in [-0.3, -0.25) is 19.4 Å². The molecule has 1 aromatic rings. The Bertz CT molecular complexity index is 616. The Morgan fingerprint density at radius 1 is 0.579 bits per heavy atom. The zero-order valence-electron chi connectivity index (χ0n) is 26.2. The van der Waals surface area contributed by atoms with Crippen LogP contribution in [0.5, 0.6) is 0 Å². The van der Waals surface area contributed by atoms with Gasteiger partial charge in [-0.05, 0) is 63.0 Å². The van der Waals surface area contributed by atoms with E-state index in [1.54, 1.807) is 0 Å². The molecule has 0 saturated carbocycles. The summed E-state index contributed by atoms with van der Waals surface area (Å²) in [4.78, 5) is 29.1. The van der Waals surface area contributed by atoms with Crippen molar-refractivity contribution in [2.45, 2.75) is 107 Å². The molecular weight excluding hydrogens is 476 g/mol. The van der Waals surface area contributed by atoms with Crippen molar-refractivity contribution in [1.82, 2.24) is 9.80 Å². The molecule has 0 bridgehead atoms. The van der Waals surface area contributed by atoms with Crippen molar-refractivity contribution in [3.63, 3.8) is 0 Å². The molecule has 0 heterocycles. The van der Waals surface area contributed by atoms with E-state index >= 15 is 0 Å². The standard InChI is InChI=1S/C26H44N2O4.2C3H8/c1-5-12-27(13-6-2)16-18-31-25(29)21-23-10-9-11-24(20-23)22-26(30)32-19-17-28(14-7-3)15-8-4;2*1-3-2/h9-11,20H,5-8,12-19,21-22H2,1-4H3;2*3H2,1-2H3. The molecule has 0 saturated heterocycles. The highest BCUT2D eigenvalue weighted by Gasteiger charge is 2.11. The smallest absolute Gasteiger partial charge is 0.310 e. The summed E-state index contributed by atoms with van der Waals surface area (Å²) in [6.45, 7) is 23.6. The Morgan fingerprint density at radius 2 is 0.895 bits per heavy atom. The van der Waals surface area contributed by atoms with Gasteiger partial charge in [0.15, 0.2) is 0 Å². The number of carbonyl (C=O) groups excluding carboxylic acids is 2. The summed E-state index contributed by atoms with van der Waals surface area (Å²) >= 11 is 0. The number of ether oxygens (including phenoxy) is 2. The normalized spacial score (nSPS) is 10.4. The fourth-order valence-electron chi connectivity index (χ4n) is 3.80. The average Bonchev–Trinajstić information content (AvgIpc) is 2.86. The van der Waals surface area contributed by atoms with Gasteiger partial charge in [-0.1, -0.05) is 92.5 Å². The van der Waals surface area contributed by atoms with E-state index in [0.29, 0.717) is 13.2 Å². The maximum Gasteiger partial charge on any atom is 0.310 e. The second-order valence-electron chi connectivity index (χ2n) is 9.71. The molecule has 6 nitrogen and oxygen atoms in total. The number of hydrogen-bond acceptors (Lipinski definition) is 6. The van der Waals surface area contributed by atoms with Gasteiger partial charge in [-0.15, -0.1) is 0 Å². The highest BCUT2D eigenvalue weighted by molar-refractivity contribution is 5.74. The Balaban J connectivity index is 0. The van der Waals surface area contributed by atoms with Crippen LogP contribution in [0.1, 0.15) is 105 Å². The molecular formula is C32H60N2O4. The first-order chi connectivity index (χ1) is 18.3. The van der Waals surface area contributed by atoms with Crippen molar-refractivity contribution in [3.8, 4) is 0 Å². The number of hydrogen-bond donors (Lipinski definition) is 0. The van der Waals surface area contributed by atoms with Crippen molar-refractivity contribution in [3.05, 3.63) is 35.4 Å². The fraction of sp³-hybridized carbons (Fsp3) is 0.750. The van der Waals surface area contributed by atoms with Crippen LogP contribution in [0.15, 0.2) is 24.3 Å². The summed E-state index contributed by atoms with van der Waals surface area (Å²) in [7, 11) is 0. The molecule has 0 atom stereocenters. The molecule has 0 aliphatic rings. The van der Waals surface area contributed by atoms with Crippen LogP contribution in [-0.2, 0) is 31.9 Å². The molecule has 0 spiro atoms. The molecule has 0 aromatic heterocycles. The number of rotatable bonds is 18. The van der Waals surface area contributed by atoms with Crippen LogP contribution >= 0.6 is 0 Å². The van der Waals surface area contributed by atoms with Gasteiger partial charge in [-0.25, -0.2) is 0 Å². The van der Waals surface area contributed by atoms with E-state index in [1.165, 1.54) is 12.8 Å². The molecule has 0 N–H and O–H groups in total. The molecule has 0 fully saturated rings. The van der Waals surface area contributed by atoms with Gasteiger partial charge in [0.2, 0.25) is 0 Å². The van der Waals surface area contributed by atoms with Gasteiger partial charge >= 0.3 is 11.9 Å². The predicted octanol–water partition coefficient (Wildman–Crippen LogP) is 6.93. The SMILES string of the molecule is CCC.CCC.CCCN(CCC)CCOC(=O)Cc1cccc(CC(=O)OCCN(CCC)CCC)c1. The molecule has 1 rings (SSSR count). The maximum atomic E-state index is 12.2. The molecule has 0 unspecified atom stereocenters. The van der Waals surface area contributed by atoms with E-state index in [4.69, 9.17) is 9.47 Å². The van der Waals surface area contributed by atoms with Crippen LogP contribution in [0.2, 0.25) is 0 Å². The number of carbonyl (C=O) groups is 2. The minimum Gasteiger partial charge on any atom is -0.464 e. The van der Waals surface area contributed by atoms with Gasteiger partial charge in [0, 0.05) is 13.1 Å². The van der Waals surface area contributed by atoms with Crippen molar-refractivity contribution in [2.24, 2.45) is 0 Å². The zero-order chi connectivity index (χ0) is 29.0. The van der Waals surface area contributed by atoms with Crippen LogP contribution < -0.4 is 0 Å². The number of nitrogens with zero attached hydrogens (tertiary/aromatic N) is 2. The second kappa shape index (κ2) is 28.1. The van der Waals surface area contributed by atoms with Gasteiger partial charge < -0.3 is 9.47 Å². The van der Waals surface area contributed by atoms with Gasteiger partial charge in [-0.2, -0.15) is 0 Å². The first-order valence-electron chi connectivity index (χ1n) is 15.2. The average molecular weight is 537 g/mol. The molecule has 0 aliphatic carbocycles. The monoisotopic (exact) mass is 536 g/mol. The van der Waals surface area contributed by atoms with Gasteiger partial charge in [0.1, 0.15) is 13.2 Å². The Kier molecular flexibility index (Phi) is 28.3. The van der Waals surface area contributed by atoms with E-state index in [2.05, 4.69) is 65.2 Å². The largest absolute Gasteiger partial charge is 0.464 e. The summed E-state index contributed by atoms with van der Waals surface area (Å²) < 4.78 is 10.9. The van der Waals surface area contributed by atoms with Crippen molar-refractivity contribution < 1.29 is 19.1 Å². The summed E-state index contributed by atoms with van der Waals surface area (Å²) in [5, 5.41) is 0. The lowest BCUT2D eigenvalue weighted by molar-refractivity contribution is -0.144. The first kappa shape index (κ1) is 38.2. The molecule has 0 amide bonds. The first-order valence-corrected chi connectivity index (χ1v) is 15.2.